The topological polar surface area (TPSA) is 85.8 Å². The van der Waals surface area contributed by atoms with Crippen LogP contribution in [0.4, 0.5) is 10.9 Å². The van der Waals surface area contributed by atoms with Crippen molar-refractivity contribution >= 4 is 28.2 Å². The van der Waals surface area contributed by atoms with Crippen molar-refractivity contribution in [3.05, 3.63) is 23.8 Å². The molecule has 0 unspecified atom stereocenters. The molecule has 0 atom stereocenters. The van der Waals surface area contributed by atoms with Crippen molar-refractivity contribution in [2.24, 2.45) is 0 Å². The van der Waals surface area contributed by atoms with Gasteiger partial charge in [0.15, 0.2) is 5.13 Å². The van der Waals surface area contributed by atoms with Crippen LogP contribution in [0.2, 0.25) is 0 Å². The number of carbonyl (C=O) groups is 1. The summed E-state index contributed by atoms with van der Waals surface area (Å²) in [6.07, 6.45) is 3.28. The number of nitrogen functional groups attached to an aromatic ring is 1. The summed E-state index contributed by atoms with van der Waals surface area (Å²) in [5.74, 6) is 0.227. The SMILES string of the molecule is Nc1ccn(CC(=O)Nc2nccs2)n1. The van der Waals surface area contributed by atoms with E-state index < -0.39 is 0 Å². The number of hydrogen-bond donors (Lipinski definition) is 2. The zero-order valence-corrected chi connectivity index (χ0v) is 8.57. The van der Waals surface area contributed by atoms with Gasteiger partial charge in [-0.15, -0.1) is 11.3 Å². The van der Waals surface area contributed by atoms with Crippen LogP contribution in [0, 0.1) is 0 Å². The van der Waals surface area contributed by atoms with Crippen molar-refractivity contribution in [1.29, 1.82) is 0 Å². The minimum absolute atomic E-state index is 0.136. The van der Waals surface area contributed by atoms with Gasteiger partial charge in [0.25, 0.3) is 0 Å². The van der Waals surface area contributed by atoms with Gasteiger partial charge in [-0.05, 0) is 6.07 Å². The molecule has 1 amide bonds. The number of nitrogens with zero attached hydrogens (tertiary/aromatic N) is 3. The Morgan fingerprint density at radius 2 is 2.53 bits per heavy atom. The number of carbonyl (C=O) groups excluding carboxylic acids is 1. The van der Waals surface area contributed by atoms with E-state index >= 15 is 0 Å². The highest BCUT2D eigenvalue weighted by Gasteiger charge is 2.05. The van der Waals surface area contributed by atoms with E-state index in [-0.39, 0.29) is 12.5 Å². The summed E-state index contributed by atoms with van der Waals surface area (Å²) in [6, 6.07) is 1.64. The van der Waals surface area contributed by atoms with Crippen molar-refractivity contribution < 1.29 is 4.79 Å². The first-order chi connectivity index (χ1) is 7.24. The third-order valence-electron chi connectivity index (χ3n) is 1.65. The van der Waals surface area contributed by atoms with Gasteiger partial charge in [-0.25, -0.2) is 4.98 Å². The number of nitrogens with one attached hydrogen (secondary N) is 1. The van der Waals surface area contributed by atoms with Gasteiger partial charge in [-0.1, -0.05) is 0 Å². The lowest BCUT2D eigenvalue weighted by Gasteiger charge is -2.01. The fourth-order valence-electron chi connectivity index (χ4n) is 1.06. The van der Waals surface area contributed by atoms with Gasteiger partial charge in [-0.3, -0.25) is 9.48 Å². The molecule has 0 saturated carbocycles. The molecule has 7 heteroatoms. The number of aromatic nitrogens is 3. The molecule has 0 saturated heterocycles. The summed E-state index contributed by atoms with van der Waals surface area (Å²) >= 11 is 1.37. The molecule has 0 aliphatic carbocycles. The standard InChI is InChI=1S/C8H9N5OS/c9-6-1-3-13(12-6)5-7(14)11-8-10-2-4-15-8/h1-4H,5H2,(H2,9,12)(H,10,11,14). The van der Waals surface area contributed by atoms with Crippen molar-refractivity contribution in [1.82, 2.24) is 14.8 Å². The second-order valence-electron chi connectivity index (χ2n) is 2.82. The van der Waals surface area contributed by atoms with Crippen LogP contribution < -0.4 is 11.1 Å². The van der Waals surface area contributed by atoms with Gasteiger partial charge in [-0.2, -0.15) is 5.10 Å². The third-order valence-corrected chi connectivity index (χ3v) is 2.33. The molecule has 2 rings (SSSR count). The van der Waals surface area contributed by atoms with E-state index in [0.29, 0.717) is 10.9 Å². The maximum absolute atomic E-state index is 11.4. The zero-order chi connectivity index (χ0) is 10.7. The first-order valence-electron chi connectivity index (χ1n) is 4.22. The van der Waals surface area contributed by atoms with Gasteiger partial charge >= 0.3 is 0 Å². The molecule has 78 valence electrons. The minimum Gasteiger partial charge on any atom is -0.382 e. The molecule has 0 aliphatic heterocycles. The third kappa shape index (κ3) is 2.53. The number of anilines is 2. The van der Waals surface area contributed by atoms with E-state index in [0.717, 1.165) is 0 Å². The molecule has 2 heterocycles. The first-order valence-corrected chi connectivity index (χ1v) is 5.10. The second kappa shape index (κ2) is 4.09. The normalized spacial score (nSPS) is 10.1. The lowest BCUT2D eigenvalue weighted by Crippen LogP contribution is -2.18. The predicted octanol–water partition coefficient (Wildman–Crippen LogP) is 0.560. The van der Waals surface area contributed by atoms with Crippen molar-refractivity contribution in [3.8, 4) is 0 Å². The van der Waals surface area contributed by atoms with Crippen LogP contribution in [0.5, 0.6) is 0 Å². The van der Waals surface area contributed by atoms with Gasteiger partial charge in [0.2, 0.25) is 5.91 Å². The summed E-state index contributed by atoms with van der Waals surface area (Å²) in [4.78, 5) is 15.4. The highest BCUT2D eigenvalue weighted by molar-refractivity contribution is 7.13. The van der Waals surface area contributed by atoms with E-state index in [1.54, 1.807) is 23.8 Å². The Morgan fingerprint density at radius 1 is 1.67 bits per heavy atom. The number of amides is 1. The summed E-state index contributed by atoms with van der Waals surface area (Å²) in [6.45, 7) is 0.136. The second-order valence-corrected chi connectivity index (χ2v) is 3.72. The Labute approximate surface area is 89.7 Å². The monoisotopic (exact) mass is 223 g/mol. The fourth-order valence-corrected chi connectivity index (χ4v) is 1.60. The van der Waals surface area contributed by atoms with Crippen LogP contribution in [0.3, 0.4) is 0 Å². The molecule has 3 N–H and O–H groups in total. The number of thiazole rings is 1. The first kappa shape index (κ1) is 9.66. The summed E-state index contributed by atoms with van der Waals surface area (Å²) in [5.41, 5.74) is 5.42. The molecule has 0 radical (unpaired) electrons. The zero-order valence-electron chi connectivity index (χ0n) is 7.75. The number of rotatable bonds is 3. The van der Waals surface area contributed by atoms with Gasteiger partial charge in [0.05, 0.1) is 0 Å². The molecule has 0 aliphatic rings. The van der Waals surface area contributed by atoms with Crippen molar-refractivity contribution in [3.63, 3.8) is 0 Å². The molecule has 2 aromatic heterocycles. The lowest BCUT2D eigenvalue weighted by molar-refractivity contribution is -0.116. The van der Waals surface area contributed by atoms with Crippen molar-refractivity contribution in [2.75, 3.05) is 11.1 Å². The summed E-state index contributed by atoms with van der Waals surface area (Å²) in [5, 5.41) is 8.92. The van der Waals surface area contributed by atoms with Crippen LogP contribution in [0.15, 0.2) is 23.8 Å². The van der Waals surface area contributed by atoms with Gasteiger partial charge < -0.3 is 11.1 Å². The molecular formula is C8H9N5OS. The van der Waals surface area contributed by atoms with Crippen LogP contribution in [0.25, 0.3) is 0 Å². The van der Waals surface area contributed by atoms with E-state index in [9.17, 15) is 4.79 Å². The summed E-state index contributed by atoms with van der Waals surface area (Å²) < 4.78 is 1.47. The molecule has 2 aromatic rings. The van der Waals surface area contributed by atoms with E-state index in [1.165, 1.54) is 16.0 Å². The van der Waals surface area contributed by atoms with Crippen LogP contribution in [-0.2, 0) is 11.3 Å². The van der Waals surface area contributed by atoms with E-state index in [1.807, 2.05) is 0 Å². The van der Waals surface area contributed by atoms with E-state index in [4.69, 9.17) is 5.73 Å². The highest BCUT2D eigenvalue weighted by Crippen LogP contribution is 2.10. The lowest BCUT2D eigenvalue weighted by atomic mass is 10.6. The maximum atomic E-state index is 11.4. The summed E-state index contributed by atoms with van der Waals surface area (Å²) in [7, 11) is 0. The Balaban J connectivity index is 1.93. The molecule has 0 bridgehead atoms. The van der Waals surface area contributed by atoms with Gasteiger partial charge in [0.1, 0.15) is 12.4 Å². The smallest absolute Gasteiger partial charge is 0.247 e. The maximum Gasteiger partial charge on any atom is 0.247 e. The number of nitrogens with two attached hydrogens (primary N) is 1. The van der Waals surface area contributed by atoms with Crippen LogP contribution in [-0.4, -0.2) is 20.7 Å². The van der Waals surface area contributed by atoms with Crippen LogP contribution in [0.1, 0.15) is 0 Å². The molecule has 0 spiro atoms. The average molecular weight is 223 g/mol. The predicted molar refractivity (Wildman–Crippen MR) is 57.4 cm³/mol. The molecular weight excluding hydrogens is 214 g/mol. The molecule has 0 fully saturated rings. The molecule has 6 nitrogen and oxygen atoms in total. The highest BCUT2D eigenvalue weighted by atomic mass is 32.1. The average Bonchev–Trinajstić information content (AvgIpc) is 2.77. The van der Waals surface area contributed by atoms with E-state index in [2.05, 4.69) is 15.4 Å². The Bertz CT molecular complexity index is 449. The Morgan fingerprint density at radius 3 is 3.13 bits per heavy atom. The van der Waals surface area contributed by atoms with Crippen LogP contribution >= 0.6 is 11.3 Å². The fraction of sp³-hybridized carbons (Fsp3) is 0.125. The quantitative estimate of drug-likeness (QED) is 0.796. The van der Waals surface area contributed by atoms with Crippen molar-refractivity contribution in [2.45, 2.75) is 6.54 Å². The van der Waals surface area contributed by atoms with Gasteiger partial charge in [0, 0.05) is 17.8 Å². The number of hydrogen-bond acceptors (Lipinski definition) is 5. The molecule has 15 heavy (non-hydrogen) atoms. The largest absolute Gasteiger partial charge is 0.382 e. The Kier molecular flexibility index (Phi) is 2.64. The molecule has 0 aromatic carbocycles. The minimum atomic E-state index is -0.173. The Hall–Kier alpha value is -1.89.